The number of allylic oxidation sites excluding steroid dienone is 1. The maximum atomic E-state index is 12.9. The summed E-state index contributed by atoms with van der Waals surface area (Å²) < 4.78 is 0. The first-order chi connectivity index (χ1) is 11.6. The number of Topliss-reactive ketones (excluding diaryl/α,β-unsaturated/α-hetero) is 1. The number of hydrogen-bond acceptors (Lipinski definition) is 3. The molecule has 1 heterocycles. The number of carbonyl (C=O) groups excluding carboxylic acids is 1. The number of nitrogens with one attached hydrogen (secondary N) is 2. The normalized spacial score (nSPS) is 22.8. The zero-order valence-corrected chi connectivity index (χ0v) is 14.1. The molecule has 0 unspecified atom stereocenters. The Labute approximate surface area is 142 Å². The van der Waals surface area contributed by atoms with E-state index in [0.29, 0.717) is 12.3 Å². The topological polar surface area (TPSA) is 41.1 Å². The van der Waals surface area contributed by atoms with Gasteiger partial charge in [-0.1, -0.05) is 48.9 Å². The van der Waals surface area contributed by atoms with Crippen LogP contribution in [0.5, 0.6) is 0 Å². The van der Waals surface area contributed by atoms with Crippen LogP contribution >= 0.6 is 0 Å². The molecule has 122 valence electrons. The Morgan fingerprint density at radius 1 is 0.958 bits per heavy atom. The van der Waals surface area contributed by atoms with Gasteiger partial charge in [0.25, 0.3) is 0 Å². The third-order valence-electron chi connectivity index (χ3n) is 4.92. The summed E-state index contributed by atoms with van der Waals surface area (Å²) in [5.74, 6) is 0.634. The van der Waals surface area contributed by atoms with E-state index < -0.39 is 0 Å². The first kappa shape index (κ1) is 15.0. The number of carbonyl (C=O) groups is 1. The molecule has 0 radical (unpaired) electrons. The van der Waals surface area contributed by atoms with Gasteiger partial charge < -0.3 is 10.6 Å². The van der Waals surface area contributed by atoms with E-state index in [-0.39, 0.29) is 11.8 Å². The van der Waals surface area contributed by atoms with Crippen LogP contribution < -0.4 is 10.6 Å². The minimum Gasteiger partial charge on any atom is -0.372 e. The summed E-state index contributed by atoms with van der Waals surface area (Å²) in [6.45, 7) is 4.23. The van der Waals surface area contributed by atoms with Crippen LogP contribution in [0.2, 0.25) is 0 Å². The molecule has 3 heteroatoms. The molecule has 24 heavy (non-hydrogen) atoms. The zero-order valence-electron chi connectivity index (χ0n) is 14.1. The fraction of sp³-hybridized carbons (Fsp3) is 0.286. The maximum Gasteiger partial charge on any atom is 0.163 e. The van der Waals surface area contributed by atoms with E-state index in [4.69, 9.17) is 0 Å². The number of fused-ring (bicyclic) bond motifs is 1. The second-order valence-electron chi connectivity index (χ2n) is 6.99. The molecular weight excluding hydrogens is 296 g/mol. The van der Waals surface area contributed by atoms with Crippen LogP contribution in [0.3, 0.4) is 0 Å². The molecule has 0 bridgehead atoms. The highest BCUT2D eigenvalue weighted by Crippen LogP contribution is 2.41. The molecule has 2 aromatic rings. The van der Waals surface area contributed by atoms with E-state index >= 15 is 0 Å². The van der Waals surface area contributed by atoms with Gasteiger partial charge in [-0.25, -0.2) is 0 Å². The Balaban J connectivity index is 1.87. The molecule has 2 aromatic carbocycles. The number of hydrogen-bond donors (Lipinski definition) is 2. The van der Waals surface area contributed by atoms with Crippen LogP contribution in [0.15, 0.2) is 59.8 Å². The van der Waals surface area contributed by atoms with Crippen LogP contribution in [0, 0.1) is 12.8 Å². The van der Waals surface area contributed by atoms with E-state index in [1.165, 1.54) is 5.56 Å². The smallest absolute Gasteiger partial charge is 0.163 e. The summed E-state index contributed by atoms with van der Waals surface area (Å²) in [4.78, 5) is 12.9. The van der Waals surface area contributed by atoms with Gasteiger partial charge in [-0.15, -0.1) is 0 Å². The molecule has 0 saturated heterocycles. The van der Waals surface area contributed by atoms with Crippen LogP contribution in [0.1, 0.15) is 36.9 Å². The van der Waals surface area contributed by atoms with Crippen molar-refractivity contribution in [2.75, 3.05) is 10.6 Å². The fourth-order valence-electron chi connectivity index (χ4n) is 3.70. The average Bonchev–Trinajstić information content (AvgIpc) is 2.72. The first-order valence-electron chi connectivity index (χ1n) is 8.57. The third-order valence-corrected chi connectivity index (χ3v) is 4.92. The molecule has 0 spiro atoms. The molecule has 2 atom stereocenters. The van der Waals surface area contributed by atoms with Crippen LogP contribution in [0.25, 0.3) is 0 Å². The van der Waals surface area contributed by atoms with Gasteiger partial charge >= 0.3 is 0 Å². The molecule has 1 aliphatic heterocycles. The van der Waals surface area contributed by atoms with E-state index in [1.807, 2.05) is 12.1 Å². The largest absolute Gasteiger partial charge is 0.372 e. The Morgan fingerprint density at radius 3 is 2.42 bits per heavy atom. The highest BCUT2D eigenvalue weighted by Gasteiger charge is 2.34. The van der Waals surface area contributed by atoms with Crippen molar-refractivity contribution in [2.45, 2.75) is 32.7 Å². The second kappa shape index (κ2) is 5.82. The minimum atomic E-state index is -0.100. The number of ketones is 1. The zero-order chi connectivity index (χ0) is 16.7. The van der Waals surface area contributed by atoms with E-state index in [9.17, 15) is 4.79 Å². The van der Waals surface area contributed by atoms with Crippen LogP contribution in [0.4, 0.5) is 11.4 Å². The van der Waals surface area contributed by atoms with Crippen molar-refractivity contribution in [3.8, 4) is 0 Å². The van der Waals surface area contributed by atoms with Gasteiger partial charge in [0.05, 0.1) is 17.4 Å². The molecular formula is C21H22N2O. The summed E-state index contributed by atoms with van der Waals surface area (Å²) in [5.41, 5.74) is 6.41. The number of para-hydroxylation sites is 2. The van der Waals surface area contributed by atoms with E-state index in [1.54, 1.807) is 0 Å². The maximum absolute atomic E-state index is 12.9. The van der Waals surface area contributed by atoms with Crippen molar-refractivity contribution in [3.63, 3.8) is 0 Å². The Kier molecular flexibility index (Phi) is 3.64. The first-order valence-corrected chi connectivity index (χ1v) is 8.57. The predicted molar refractivity (Wildman–Crippen MR) is 98.0 cm³/mol. The van der Waals surface area contributed by atoms with Gasteiger partial charge in [0.1, 0.15) is 0 Å². The molecule has 4 rings (SSSR count). The highest BCUT2D eigenvalue weighted by molar-refractivity contribution is 6.00. The van der Waals surface area contributed by atoms with Crippen molar-refractivity contribution < 1.29 is 4.79 Å². The second-order valence-corrected chi connectivity index (χ2v) is 6.99. The monoisotopic (exact) mass is 318 g/mol. The molecule has 0 saturated carbocycles. The summed E-state index contributed by atoms with van der Waals surface area (Å²) in [6, 6.07) is 16.5. The van der Waals surface area contributed by atoms with Gasteiger partial charge in [-0.05, 0) is 37.0 Å². The SMILES string of the molecule is Cc1ccc([C@@H]2Nc3ccccc3NC3=C2C(=O)C[C@H](C)C3)cc1. The minimum absolute atomic E-state index is 0.100. The van der Waals surface area contributed by atoms with Crippen molar-refractivity contribution in [1.82, 2.24) is 0 Å². The molecule has 0 amide bonds. The predicted octanol–water partition coefficient (Wildman–Crippen LogP) is 4.83. The van der Waals surface area contributed by atoms with Crippen LogP contribution in [-0.2, 0) is 4.79 Å². The quantitative estimate of drug-likeness (QED) is 0.791. The van der Waals surface area contributed by atoms with Gasteiger partial charge in [-0.2, -0.15) is 0 Å². The fourth-order valence-corrected chi connectivity index (χ4v) is 3.70. The summed E-state index contributed by atoms with van der Waals surface area (Å²) in [7, 11) is 0. The summed E-state index contributed by atoms with van der Waals surface area (Å²) in [6.07, 6.45) is 1.54. The number of aryl methyl sites for hydroxylation is 1. The average molecular weight is 318 g/mol. The molecule has 0 fully saturated rings. The Morgan fingerprint density at radius 2 is 1.67 bits per heavy atom. The number of rotatable bonds is 1. The van der Waals surface area contributed by atoms with Crippen molar-refractivity contribution in [2.24, 2.45) is 5.92 Å². The lowest BCUT2D eigenvalue weighted by Crippen LogP contribution is -2.26. The van der Waals surface area contributed by atoms with Crippen molar-refractivity contribution in [3.05, 3.63) is 70.9 Å². The summed E-state index contributed by atoms with van der Waals surface area (Å²) in [5, 5.41) is 7.13. The van der Waals surface area contributed by atoms with Gasteiger partial charge in [0.2, 0.25) is 0 Å². The van der Waals surface area contributed by atoms with Gasteiger partial charge in [-0.3, -0.25) is 4.79 Å². The lowest BCUT2D eigenvalue weighted by molar-refractivity contribution is -0.117. The van der Waals surface area contributed by atoms with E-state index in [0.717, 1.165) is 34.6 Å². The molecule has 2 N–H and O–H groups in total. The lowest BCUT2D eigenvalue weighted by Gasteiger charge is -2.28. The van der Waals surface area contributed by atoms with Gasteiger partial charge in [0, 0.05) is 17.7 Å². The Hall–Kier alpha value is -2.55. The highest BCUT2D eigenvalue weighted by atomic mass is 16.1. The summed E-state index contributed by atoms with van der Waals surface area (Å²) >= 11 is 0. The van der Waals surface area contributed by atoms with Crippen molar-refractivity contribution in [1.29, 1.82) is 0 Å². The van der Waals surface area contributed by atoms with Crippen molar-refractivity contribution >= 4 is 17.2 Å². The Bertz CT molecular complexity index is 820. The van der Waals surface area contributed by atoms with Gasteiger partial charge in [0.15, 0.2) is 5.78 Å². The standard InChI is InChI=1S/C21H22N2O/c1-13-7-9-15(10-8-13)21-20-18(11-14(2)12-19(20)24)22-16-5-3-4-6-17(16)23-21/h3-10,14,21-23H,11-12H2,1-2H3/t14-,21+/m1/s1. The number of anilines is 2. The molecule has 3 nitrogen and oxygen atoms in total. The molecule has 1 aliphatic carbocycles. The van der Waals surface area contributed by atoms with Crippen LogP contribution in [-0.4, -0.2) is 5.78 Å². The lowest BCUT2D eigenvalue weighted by atomic mass is 9.82. The molecule has 2 aliphatic rings. The molecule has 0 aromatic heterocycles. The van der Waals surface area contributed by atoms with E-state index in [2.05, 4.69) is 60.9 Å². The number of benzene rings is 2. The third kappa shape index (κ3) is 2.60.